The van der Waals surface area contributed by atoms with Gasteiger partial charge in [-0.05, 0) is 161 Å². The van der Waals surface area contributed by atoms with Crippen LogP contribution in [0.2, 0.25) is 0 Å². The van der Waals surface area contributed by atoms with E-state index in [0.717, 1.165) is 5.69 Å². The van der Waals surface area contributed by atoms with E-state index in [2.05, 4.69) is 223 Å². The van der Waals surface area contributed by atoms with Crippen LogP contribution < -0.4 is 4.90 Å². The van der Waals surface area contributed by atoms with Crippen LogP contribution in [-0.2, 0) is 16.2 Å². The van der Waals surface area contributed by atoms with Crippen LogP contribution in [0.25, 0.3) is 66.1 Å². The van der Waals surface area contributed by atoms with Crippen LogP contribution in [0.5, 0.6) is 0 Å². The lowest BCUT2D eigenvalue weighted by molar-refractivity contribution is 0.652. The topological polar surface area (TPSA) is 3.24 Å². The first-order chi connectivity index (χ1) is 29.4. The van der Waals surface area contributed by atoms with E-state index < -0.39 is 0 Å². The van der Waals surface area contributed by atoms with Crippen LogP contribution in [0.3, 0.4) is 0 Å². The third-order valence-electron chi connectivity index (χ3n) is 14.9. The Morgan fingerprint density at radius 1 is 0.328 bits per heavy atom. The molecule has 0 spiro atoms. The summed E-state index contributed by atoms with van der Waals surface area (Å²) in [6.45, 7) is 16.7. The molecule has 0 saturated heterocycles. The van der Waals surface area contributed by atoms with Crippen LogP contribution in [0.1, 0.15) is 80.5 Å². The van der Waals surface area contributed by atoms with Gasteiger partial charge in [-0.15, -0.1) is 0 Å². The van der Waals surface area contributed by atoms with Crippen LogP contribution in [0.15, 0.2) is 170 Å². The fourth-order valence-electron chi connectivity index (χ4n) is 11.6. The molecule has 0 aromatic heterocycles. The van der Waals surface area contributed by atoms with Crippen LogP contribution in [0, 0.1) is 6.92 Å². The second-order valence-corrected chi connectivity index (χ2v) is 19.4. The van der Waals surface area contributed by atoms with E-state index in [1.165, 1.54) is 116 Å². The quantitative estimate of drug-likeness (QED) is 0.172. The molecular formula is C60H49N. The number of aryl methyl sites for hydroxylation is 1. The van der Waals surface area contributed by atoms with Crippen molar-refractivity contribution in [1.82, 2.24) is 0 Å². The SMILES string of the molecule is Cc1ccc(N(c2ccc3c(c2)C(C)(C)c2cc4c(cc2-3)C(C)(C)c2ccc3ccccc3c2-4)c2ccc3c(c2)C(C)(C)c2cc(-c4ccccc4)c4ccccc4c2-3)cc1. The molecule has 0 radical (unpaired) electrons. The highest BCUT2D eigenvalue weighted by atomic mass is 15.1. The van der Waals surface area contributed by atoms with Crippen LogP contribution >= 0.6 is 0 Å². The Morgan fingerprint density at radius 3 is 1.57 bits per heavy atom. The van der Waals surface area contributed by atoms with Gasteiger partial charge >= 0.3 is 0 Å². The molecular weight excluding hydrogens is 735 g/mol. The number of nitrogens with zero attached hydrogens (tertiary/aromatic N) is 1. The van der Waals surface area contributed by atoms with E-state index in [1.54, 1.807) is 0 Å². The van der Waals surface area contributed by atoms with Crippen LogP contribution in [-0.4, -0.2) is 0 Å². The fraction of sp³-hybridized carbons (Fsp3) is 0.167. The van der Waals surface area contributed by atoms with Gasteiger partial charge in [-0.1, -0.05) is 162 Å². The largest absolute Gasteiger partial charge is 0.310 e. The molecule has 0 saturated carbocycles. The molecule has 0 aliphatic heterocycles. The molecule has 1 nitrogen and oxygen atoms in total. The molecule has 3 aliphatic rings. The van der Waals surface area contributed by atoms with Crippen molar-refractivity contribution in [3.63, 3.8) is 0 Å². The molecule has 0 fully saturated rings. The Hall–Kier alpha value is -6.70. The third kappa shape index (κ3) is 4.95. The Labute approximate surface area is 360 Å². The number of hydrogen-bond acceptors (Lipinski definition) is 1. The highest BCUT2D eigenvalue weighted by molar-refractivity contribution is 6.09. The molecule has 9 aromatic rings. The molecule has 61 heavy (non-hydrogen) atoms. The van der Waals surface area contributed by atoms with Gasteiger partial charge in [-0.25, -0.2) is 0 Å². The van der Waals surface area contributed by atoms with E-state index in [1.807, 2.05) is 0 Å². The Morgan fingerprint density at radius 2 is 0.836 bits per heavy atom. The summed E-state index contributed by atoms with van der Waals surface area (Å²) in [4.78, 5) is 2.48. The van der Waals surface area contributed by atoms with Crippen molar-refractivity contribution >= 4 is 38.6 Å². The van der Waals surface area contributed by atoms with E-state index >= 15 is 0 Å². The summed E-state index contributed by atoms with van der Waals surface area (Å²) >= 11 is 0. The first-order valence-electron chi connectivity index (χ1n) is 21.9. The van der Waals surface area contributed by atoms with Gasteiger partial charge in [0.05, 0.1) is 0 Å². The van der Waals surface area contributed by atoms with Gasteiger partial charge in [0.2, 0.25) is 0 Å². The number of benzene rings is 9. The van der Waals surface area contributed by atoms with E-state index in [0.29, 0.717) is 0 Å². The normalized spacial score (nSPS) is 15.5. The maximum atomic E-state index is 2.55. The molecule has 0 unspecified atom stereocenters. The van der Waals surface area contributed by atoms with Crippen molar-refractivity contribution in [2.75, 3.05) is 4.90 Å². The zero-order chi connectivity index (χ0) is 41.6. The molecule has 9 aromatic carbocycles. The van der Waals surface area contributed by atoms with Crippen molar-refractivity contribution in [2.45, 2.75) is 64.7 Å². The number of hydrogen-bond donors (Lipinski definition) is 0. The first kappa shape index (κ1) is 36.2. The van der Waals surface area contributed by atoms with Crippen molar-refractivity contribution in [2.24, 2.45) is 0 Å². The summed E-state index contributed by atoms with van der Waals surface area (Å²) < 4.78 is 0. The van der Waals surface area contributed by atoms with Crippen LogP contribution in [0.4, 0.5) is 17.1 Å². The smallest absolute Gasteiger partial charge is 0.0465 e. The number of fused-ring (bicyclic) bond motifs is 13. The molecule has 0 atom stereocenters. The highest BCUT2D eigenvalue weighted by Crippen LogP contribution is 2.59. The zero-order valence-electron chi connectivity index (χ0n) is 36.1. The summed E-state index contributed by atoms with van der Waals surface area (Å²) in [7, 11) is 0. The number of anilines is 3. The maximum absolute atomic E-state index is 2.55. The summed E-state index contributed by atoms with van der Waals surface area (Å²) in [6.07, 6.45) is 0. The van der Waals surface area contributed by atoms with E-state index in [4.69, 9.17) is 0 Å². The van der Waals surface area contributed by atoms with E-state index in [9.17, 15) is 0 Å². The van der Waals surface area contributed by atoms with Crippen molar-refractivity contribution in [3.05, 3.63) is 209 Å². The average molecular weight is 784 g/mol. The molecule has 0 N–H and O–H groups in total. The Kier molecular flexibility index (Phi) is 7.37. The molecule has 0 bridgehead atoms. The molecule has 1 heteroatoms. The predicted octanol–water partition coefficient (Wildman–Crippen LogP) is 16.4. The first-order valence-corrected chi connectivity index (χ1v) is 21.9. The number of rotatable bonds is 4. The van der Waals surface area contributed by atoms with Gasteiger partial charge < -0.3 is 4.90 Å². The van der Waals surface area contributed by atoms with Gasteiger partial charge in [-0.3, -0.25) is 0 Å². The minimum absolute atomic E-state index is 0.0881. The Balaban J connectivity index is 1.01. The standard InChI is InChI=1S/C60H49N/c1-36-21-24-39(25-22-36)61(41-27-29-46-52(32-41)60(6,7)55-33-47(37-15-9-8-10-16-37)43-19-13-14-20-45(43)57(46)55)40-26-28-44-48-34-54-49(35-53(48)59(4,5)51(44)31-40)56-42-18-12-11-17-38(42)23-30-50(56)58(54,2)3/h8-35H,1-7H3. The van der Waals surface area contributed by atoms with Crippen molar-refractivity contribution < 1.29 is 0 Å². The van der Waals surface area contributed by atoms with Gasteiger partial charge in [0.25, 0.3) is 0 Å². The maximum Gasteiger partial charge on any atom is 0.0465 e. The molecule has 3 aliphatic carbocycles. The lowest BCUT2D eigenvalue weighted by Gasteiger charge is -2.30. The lowest BCUT2D eigenvalue weighted by Crippen LogP contribution is -2.18. The van der Waals surface area contributed by atoms with Gasteiger partial charge in [0.15, 0.2) is 0 Å². The van der Waals surface area contributed by atoms with Crippen molar-refractivity contribution in [3.8, 4) is 44.5 Å². The van der Waals surface area contributed by atoms with Gasteiger partial charge in [-0.2, -0.15) is 0 Å². The van der Waals surface area contributed by atoms with Gasteiger partial charge in [0, 0.05) is 33.3 Å². The summed E-state index contributed by atoms with van der Waals surface area (Å²) in [5.74, 6) is 0. The minimum Gasteiger partial charge on any atom is -0.310 e. The summed E-state index contributed by atoms with van der Waals surface area (Å²) in [5, 5.41) is 5.27. The monoisotopic (exact) mass is 783 g/mol. The third-order valence-corrected chi connectivity index (χ3v) is 14.9. The molecule has 294 valence electrons. The molecule has 0 amide bonds. The zero-order valence-corrected chi connectivity index (χ0v) is 36.1. The second kappa shape index (κ2) is 12.4. The highest BCUT2D eigenvalue weighted by Gasteiger charge is 2.43. The predicted molar refractivity (Wildman–Crippen MR) is 259 cm³/mol. The van der Waals surface area contributed by atoms with Gasteiger partial charge in [0.1, 0.15) is 0 Å². The lowest BCUT2D eigenvalue weighted by atomic mass is 9.79. The average Bonchev–Trinajstić information content (AvgIpc) is 3.75. The second-order valence-electron chi connectivity index (χ2n) is 19.4. The fourth-order valence-corrected chi connectivity index (χ4v) is 11.6. The summed E-state index contributed by atoms with van der Waals surface area (Å²) in [6, 6.07) is 64.5. The summed E-state index contributed by atoms with van der Waals surface area (Å²) in [5.41, 5.74) is 23.5. The molecule has 12 rings (SSSR count). The van der Waals surface area contributed by atoms with E-state index in [-0.39, 0.29) is 16.2 Å². The molecule has 0 heterocycles. The Bertz CT molecular complexity index is 3320. The minimum atomic E-state index is -0.202. The van der Waals surface area contributed by atoms with Crippen molar-refractivity contribution in [1.29, 1.82) is 0 Å².